The molecule has 1 N–H and O–H groups in total. The van der Waals surface area contributed by atoms with Gasteiger partial charge in [0.15, 0.2) is 5.82 Å². The number of aromatic nitrogens is 3. The van der Waals surface area contributed by atoms with E-state index in [9.17, 15) is 9.59 Å². The minimum absolute atomic E-state index is 0.00440. The summed E-state index contributed by atoms with van der Waals surface area (Å²) >= 11 is 0. The van der Waals surface area contributed by atoms with Gasteiger partial charge < -0.3 is 14.6 Å². The molecule has 1 aliphatic heterocycles. The Morgan fingerprint density at radius 3 is 2.80 bits per heavy atom. The van der Waals surface area contributed by atoms with Gasteiger partial charge in [-0.25, -0.2) is 4.98 Å². The summed E-state index contributed by atoms with van der Waals surface area (Å²) < 4.78 is 5.40. The van der Waals surface area contributed by atoms with Crippen LogP contribution in [-0.2, 0) is 11.3 Å². The number of hydrogen-bond acceptors (Lipinski definition) is 5. The Balaban J connectivity index is 1.47. The Morgan fingerprint density at radius 2 is 2.07 bits per heavy atom. The molecule has 0 bridgehead atoms. The molecule has 1 fully saturated rings. The van der Waals surface area contributed by atoms with Crippen molar-refractivity contribution in [3.63, 3.8) is 0 Å². The highest BCUT2D eigenvalue weighted by atomic mass is 16.5. The zero-order chi connectivity index (χ0) is 20.9. The van der Waals surface area contributed by atoms with Crippen molar-refractivity contribution in [2.24, 2.45) is 0 Å². The number of nitrogens with one attached hydrogen (secondary N) is 1. The summed E-state index contributed by atoms with van der Waals surface area (Å²) in [5, 5.41) is 0. The summed E-state index contributed by atoms with van der Waals surface area (Å²) in [7, 11) is 0. The predicted octanol–water partition coefficient (Wildman–Crippen LogP) is 3.00. The van der Waals surface area contributed by atoms with Crippen LogP contribution in [0.1, 0.15) is 40.9 Å². The first-order valence-corrected chi connectivity index (χ1v) is 10.1. The molecule has 3 aromatic rings. The van der Waals surface area contributed by atoms with Crippen LogP contribution in [0.3, 0.4) is 0 Å². The number of carbonyl (C=O) groups is 1. The van der Waals surface area contributed by atoms with Crippen LogP contribution in [0.2, 0.25) is 0 Å². The van der Waals surface area contributed by atoms with E-state index in [-0.39, 0.29) is 17.4 Å². The molecular formula is C23H24N4O3. The van der Waals surface area contributed by atoms with E-state index < -0.39 is 0 Å². The van der Waals surface area contributed by atoms with E-state index in [1.807, 2.05) is 54.3 Å². The van der Waals surface area contributed by atoms with E-state index in [1.54, 1.807) is 6.20 Å². The molecule has 1 aromatic carbocycles. The zero-order valence-electron chi connectivity index (χ0n) is 16.9. The van der Waals surface area contributed by atoms with Crippen molar-refractivity contribution >= 4 is 5.91 Å². The number of rotatable bonds is 6. The van der Waals surface area contributed by atoms with Crippen molar-refractivity contribution in [1.29, 1.82) is 0 Å². The first kappa shape index (κ1) is 20.0. The largest absolute Gasteiger partial charge is 0.377 e. The third kappa shape index (κ3) is 4.46. The van der Waals surface area contributed by atoms with E-state index >= 15 is 0 Å². The van der Waals surface area contributed by atoms with Gasteiger partial charge in [-0.05, 0) is 43.2 Å². The molecule has 7 nitrogen and oxygen atoms in total. The van der Waals surface area contributed by atoms with Crippen LogP contribution in [0, 0.1) is 0 Å². The molecule has 4 rings (SSSR count). The van der Waals surface area contributed by atoms with E-state index in [1.165, 1.54) is 6.07 Å². The van der Waals surface area contributed by atoms with Crippen LogP contribution in [0.5, 0.6) is 0 Å². The van der Waals surface area contributed by atoms with Gasteiger partial charge in [0.1, 0.15) is 5.69 Å². The number of likely N-dealkylation sites (tertiary alicyclic amines) is 1. The Morgan fingerprint density at radius 1 is 1.23 bits per heavy atom. The summed E-state index contributed by atoms with van der Waals surface area (Å²) in [4.78, 5) is 38.5. The maximum atomic E-state index is 12.9. The average molecular weight is 404 g/mol. The zero-order valence-corrected chi connectivity index (χ0v) is 16.9. The Hall–Kier alpha value is -3.32. The lowest BCUT2D eigenvalue weighted by molar-refractivity contribution is 0.0790. The van der Waals surface area contributed by atoms with E-state index in [0.29, 0.717) is 49.1 Å². The number of carbonyl (C=O) groups excluding carboxylic acids is 1. The molecule has 30 heavy (non-hydrogen) atoms. The van der Waals surface area contributed by atoms with E-state index in [2.05, 4.69) is 15.0 Å². The summed E-state index contributed by atoms with van der Waals surface area (Å²) in [6.45, 7) is 4.34. The molecule has 2 aromatic heterocycles. The van der Waals surface area contributed by atoms with Gasteiger partial charge >= 0.3 is 0 Å². The van der Waals surface area contributed by atoms with Gasteiger partial charge in [0, 0.05) is 43.4 Å². The smallest absolute Gasteiger partial charge is 0.253 e. The number of hydrogen-bond donors (Lipinski definition) is 1. The maximum absolute atomic E-state index is 12.9. The van der Waals surface area contributed by atoms with Gasteiger partial charge in [-0.2, -0.15) is 0 Å². The molecule has 0 radical (unpaired) electrons. The van der Waals surface area contributed by atoms with Crippen LogP contribution in [-0.4, -0.2) is 45.5 Å². The molecule has 7 heteroatoms. The molecule has 0 spiro atoms. The maximum Gasteiger partial charge on any atom is 0.253 e. The molecule has 0 saturated carbocycles. The molecule has 0 aliphatic carbocycles. The average Bonchev–Trinajstić information content (AvgIpc) is 3.28. The molecule has 1 amide bonds. The number of benzene rings is 1. The predicted molar refractivity (Wildman–Crippen MR) is 113 cm³/mol. The fraction of sp³-hybridized carbons (Fsp3) is 0.304. The lowest BCUT2D eigenvalue weighted by atomic mass is 10.0. The minimum atomic E-state index is -0.213. The third-order valence-electron chi connectivity index (χ3n) is 5.24. The number of amides is 1. The summed E-state index contributed by atoms with van der Waals surface area (Å²) in [5.41, 5.74) is 2.80. The Bertz CT molecular complexity index is 1060. The normalized spacial score (nSPS) is 16.0. The molecule has 1 unspecified atom stereocenters. The van der Waals surface area contributed by atoms with Crippen molar-refractivity contribution in [3.8, 4) is 11.5 Å². The fourth-order valence-electron chi connectivity index (χ4n) is 3.64. The minimum Gasteiger partial charge on any atom is -0.377 e. The SMILES string of the molecule is CCOCc1ccc(C(=O)N2CCC(c3cc(=O)[nH]c(-c4ccccn4)n3)C2)cc1. The van der Waals surface area contributed by atoms with Crippen LogP contribution in [0.4, 0.5) is 0 Å². The monoisotopic (exact) mass is 404 g/mol. The fourth-order valence-corrected chi connectivity index (χ4v) is 3.64. The molecule has 1 saturated heterocycles. The molecule has 1 atom stereocenters. The molecule has 3 heterocycles. The number of pyridine rings is 1. The molecular weight excluding hydrogens is 380 g/mol. The first-order valence-electron chi connectivity index (χ1n) is 10.1. The van der Waals surface area contributed by atoms with Crippen LogP contribution in [0.25, 0.3) is 11.5 Å². The van der Waals surface area contributed by atoms with Crippen molar-refractivity contribution in [2.75, 3.05) is 19.7 Å². The van der Waals surface area contributed by atoms with Gasteiger partial charge in [-0.1, -0.05) is 18.2 Å². The lowest BCUT2D eigenvalue weighted by Gasteiger charge is -2.17. The van der Waals surface area contributed by atoms with Gasteiger partial charge in [-0.15, -0.1) is 0 Å². The second-order valence-corrected chi connectivity index (χ2v) is 7.30. The number of aromatic amines is 1. The van der Waals surface area contributed by atoms with E-state index in [4.69, 9.17) is 4.74 Å². The van der Waals surface area contributed by atoms with Crippen molar-refractivity contribution in [3.05, 3.63) is 81.9 Å². The molecule has 1 aliphatic rings. The van der Waals surface area contributed by atoms with Gasteiger partial charge in [0.2, 0.25) is 0 Å². The molecule has 154 valence electrons. The Labute approximate surface area is 174 Å². The van der Waals surface area contributed by atoms with Crippen molar-refractivity contribution < 1.29 is 9.53 Å². The number of H-pyrrole nitrogens is 1. The number of nitrogens with zero attached hydrogens (tertiary/aromatic N) is 3. The lowest BCUT2D eigenvalue weighted by Crippen LogP contribution is -2.28. The van der Waals surface area contributed by atoms with Gasteiger partial charge in [0.25, 0.3) is 11.5 Å². The summed E-state index contributed by atoms with van der Waals surface area (Å²) in [6, 6.07) is 14.5. The highest BCUT2D eigenvalue weighted by molar-refractivity contribution is 5.94. The summed E-state index contributed by atoms with van der Waals surface area (Å²) in [5.74, 6) is 0.471. The second-order valence-electron chi connectivity index (χ2n) is 7.30. The topological polar surface area (TPSA) is 88.2 Å². The van der Waals surface area contributed by atoms with Crippen molar-refractivity contribution in [1.82, 2.24) is 19.9 Å². The first-order chi connectivity index (χ1) is 14.6. The van der Waals surface area contributed by atoms with Gasteiger partial charge in [0.05, 0.1) is 12.3 Å². The van der Waals surface area contributed by atoms with Gasteiger partial charge in [-0.3, -0.25) is 14.6 Å². The van der Waals surface area contributed by atoms with Crippen LogP contribution in [0.15, 0.2) is 59.5 Å². The van der Waals surface area contributed by atoms with Crippen LogP contribution >= 0.6 is 0 Å². The summed E-state index contributed by atoms with van der Waals surface area (Å²) in [6.07, 6.45) is 2.43. The highest BCUT2D eigenvalue weighted by Crippen LogP contribution is 2.27. The Kier molecular flexibility index (Phi) is 5.99. The number of ether oxygens (including phenoxy) is 1. The quantitative estimate of drug-likeness (QED) is 0.682. The second kappa shape index (κ2) is 9.00. The van der Waals surface area contributed by atoms with Crippen molar-refractivity contribution in [2.45, 2.75) is 25.9 Å². The van der Waals surface area contributed by atoms with Crippen LogP contribution < -0.4 is 5.56 Å². The standard InChI is InChI=1S/C23H24N4O3/c1-2-30-15-16-6-8-17(9-7-16)23(29)27-12-10-18(14-27)20-13-21(28)26-22(25-20)19-5-3-4-11-24-19/h3-9,11,13,18H,2,10,12,14-15H2,1H3,(H,25,26,28). The van der Waals surface area contributed by atoms with E-state index in [0.717, 1.165) is 12.0 Å². The highest BCUT2D eigenvalue weighted by Gasteiger charge is 2.29. The third-order valence-corrected chi connectivity index (χ3v) is 5.24.